The Hall–Kier alpha value is -2.28. The fraction of sp³-hybridized carbons (Fsp3) is 0.522. The van der Waals surface area contributed by atoms with Crippen LogP contribution in [-0.4, -0.2) is 37.5 Å². The summed E-state index contributed by atoms with van der Waals surface area (Å²) in [5.41, 5.74) is 2.17. The number of benzene rings is 1. The summed E-state index contributed by atoms with van der Waals surface area (Å²) in [5.74, 6) is 2.60. The van der Waals surface area contributed by atoms with Crippen LogP contribution in [0.3, 0.4) is 0 Å². The molecule has 1 aromatic carbocycles. The number of aromatic nitrogens is 4. The standard InChI is InChI=1S/C23H29N5OS/c1-14-6-5-9-19(15(14)2)25-21(29)13-30-23-27-26-22(28(23)16-10-11-16)18-12-24-20-8-4-3-7-17(18)20/h3-4,7-8,12,14-16,19,24H,5-6,9-11,13H2,1-2H3,(H,25,29)/t14-,15+,19+/m0/s1. The third-order valence-electron chi connectivity index (χ3n) is 6.79. The highest BCUT2D eigenvalue weighted by atomic mass is 32.2. The number of fused-ring (bicyclic) bond motifs is 1. The van der Waals surface area contributed by atoms with Gasteiger partial charge in [0.2, 0.25) is 5.91 Å². The quantitative estimate of drug-likeness (QED) is 0.559. The topological polar surface area (TPSA) is 75.6 Å². The van der Waals surface area contributed by atoms with E-state index >= 15 is 0 Å². The monoisotopic (exact) mass is 423 g/mol. The molecule has 3 atom stereocenters. The number of hydrogen-bond acceptors (Lipinski definition) is 4. The maximum absolute atomic E-state index is 12.6. The fourth-order valence-corrected chi connectivity index (χ4v) is 5.46. The van der Waals surface area contributed by atoms with E-state index < -0.39 is 0 Å². The number of para-hydroxylation sites is 1. The lowest BCUT2D eigenvalue weighted by Gasteiger charge is -2.34. The van der Waals surface area contributed by atoms with Crippen LogP contribution in [0.2, 0.25) is 0 Å². The Morgan fingerprint density at radius 3 is 2.87 bits per heavy atom. The minimum atomic E-state index is 0.102. The van der Waals surface area contributed by atoms with Gasteiger partial charge in [0.25, 0.3) is 0 Å². The van der Waals surface area contributed by atoms with E-state index in [0.29, 0.717) is 29.7 Å². The van der Waals surface area contributed by atoms with Gasteiger partial charge in [0, 0.05) is 34.7 Å². The van der Waals surface area contributed by atoms with Crippen LogP contribution in [0.1, 0.15) is 52.0 Å². The summed E-state index contributed by atoms with van der Waals surface area (Å²) < 4.78 is 2.23. The van der Waals surface area contributed by atoms with Crippen molar-refractivity contribution in [1.29, 1.82) is 0 Å². The third kappa shape index (κ3) is 3.75. The lowest BCUT2D eigenvalue weighted by Crippen LogP contribution is -2.44. The van der Waals surface area contributed by atoms with Crippen molar-refractivity contribution in [3.05, 3.63) is 30.5 Å². The van der Waals surface area contributed by atoms with Crippen LogP contribution in [0.4, 0.5) is 0 Å². The number of carbonyl (C=O) groups excluding carboxylic acids is 1. The molecule has 2 aliphatic carbocycles. The summed E-state index contributed by atoms with van der Waals surface area (Å²) in [5, 5.41) is 14.3. The first-order chi connectivity index (χ1) is 14.6. The van der Waals surface area contributed by atoms with E-state index in [1.807, 2.05) is 18.3 Å². The summed E-state index contributed by atoms with van der Waals surface area (Å²) in [4.78, 5) is 16.0. The van der Waals surface area contributed by atoms with E-state index in [9.17, 15) is 4.79 Å². The zero-order chi connectivity index (χ0) is 20.7. The van der Waals surface area contributed by atoms with Crippen LogP contribution in [0.5, 0.6) is 0 Å². The molecule has 1 amide bonds. The molecule has 7 heteroatoms. The number of amides is 1. The Balaban J connectivity index is 1.32. The summed E-state index contributed by atoms with van der Waals surface area (Å²) in [6.07, 6.45) is 7.86. The first-order valence-corrected chi connectivity index (χ1v) is 12.0. The third-order valence-corrected chi connectivity index (χ3v) is 7.74. The largest absolute Gasteiger partial charge is 0.360 e. The molecule has 2 saturated carbocycles. The van der Waals surface area contributed by atoms with Gasteiger partial charge in [-0.05, 0) is 37.2 Å². The van der Waals surface area contributed by atoms with Gasteiger partial charge in [0.15, 0.2) is 11.0 Å². The van der Waals surface area contributed by atoms with Crippen LogP contribution in [0.25, 0.3) is 22.3 Å². The van der Waals surface area contributed by atoms with Gasteiger partial charge in [-0.1, -0.05) is 56.7 Å². The maximum Gasteiger partial charge on any atom is 0.230 e. The summed E-state index contributed by atoms with van der Waals surface area (Å²) in [6, 6.07) is 8.99. The molecular weight excluding hydrogens is 394 g/mol. The molecule has 2 fully saturated rings. The zero-order valence-electron chi connectivity index (χ0n) is 17.6. The van der Waals surface area contributed by atoms with Gasteiger partial charge < -0.3 is 10.3 Å². The number of carbonyl (C=O) groups is 1. The molecule has 0 unspecified atom stereocenters. The fourth-order valence-electron chi connectivity index (χ4n) is 4.64. The number of hydrogen-bond donors (Lipinski definition) is 2. The zero-order valence-corrected chi connectivity index (χ0v) is 18.4. The van der Waals surface area contributed by atoms with Crippen molar-refractivity contribution in [1.82, 2.24) is 25.1 Å². The minimum absolute atomic E-state index is 0.102. The van der Waals surface area contributed by atoms with E-state index in [2.05, 4.69) is 51.0 Å². The average Bonchev–Trinajstić information content (AvgIpc) is 3.36. The van der Waals surface area contributed by atoms with E-state index in [1.54, 1.807) is 0 Å². The van der Waals surface area contributed by atoms with Crippen molar-refractivity contribution < 1.29 is 4.79 Å². The number of thioether (sulfide) groups is 1. The highest BCUT2D eigenvalue weighted by Gasteiger charge is 2.32. The van der Waals surface area contributed by atoms with Crippen LogP contribution >= 0.6 is 11.8 Å². The van der Waals surface area contributed by atoms with Crippen LogP contribution in [0, 0.1) is 11.8 Å². The van der Waals surface area contributed by atoms with Gasteiger partial charge in [-0.2, -0.15) is 0 Å². The van der Waals surface area contributed by atoms with Crippen LogP contribution in [0.15, 0.2) is 35.6 Å². The second-order valence-corrected chi connectivity index (χ2v) is 9.83. The van der Waals surface area contributed by atoms with Crippen LogP contribution in [-0.2, 0) is 4.79 Å². The lowest BCUT2D eigenvalue weighted by atomic mass is 9.78. The highest BCUT2D eigenvalue weighted by Crippen LogP contribution is 2.42. The Morgan fingerprint density at radius 2 is 2.03 bits per heavy atom. The molecule has 0 saturated heterocycles. The van der Waals surface area contributed by atoms with E-state index in [-0.39, 0.29) is 5.91 Å². The van der Waals surface area contributed by atoms with Gasteiger partial charge in [-0.3, -0.25) is 9.36 Å². The number of nitrogens with one attached hydrogen (secondary N) is 2. The molecule has 2 aliphatic rings. The van der Waals surface area contributed by atoms with Crippen molar-refractivity contribution in [3.8, 4) is 11.4 Å². The molecule has 0 radical (unpaired) electrons. The summed E-state index contributed by atoms with van der Waals surface area (Å²) >= 11 is 1.50. The second-order valence-electron chi connectivity index (χ2n) is 8.89. The van der Waals surface area contributed by atoms with Gasteiger partial charge in [0.1, 0.15) is 0 Å². The summed E-state index contributed by atoms with van der Waals surface area (Å²) in [7, 11) is 0. The molecule has 0 spiro atoms. The normalized spacial score (nSPS) is 24.3. The Kier molecular flexibility index (Phi) is 5.31. The molecule has 158 valence electrons. The molecule has 5 rings (SSSR count). The van der Waals surface area contributed by atoms with E-state index in [1.165, 1.54) is 24.6 Å². The van der Waals surface area contributed by atoms with E-state index in [0.717, 1.165) is 46.7 Å². The molecule has 0 aliphatic heterocycles. The lowest BCUT2D eigenvalue weighted by molar-refractivity contribution is -0.120. The summed E-state index contributed by atoms with van der Waals surface area (Å²) in [6.45, 7) is 4.56. The predicted molar refractivity (Wildman–Crippen MR) is 120 cm³/mol. The average molecular weight is 424 g/mol. The predicted octanol–water partition coefficient (Wildman–Crippen LogP) is 4.79. The van der Waals surface area contributed by atoms with Crippen molar-refractivity contribution >= 4 is 28.6 Å². The second kappa shape index (κ2) is 8.10. The first-order valence-electron chi connectivity index (χ1n) is 11.1. The molecule has 6 nitrogen and oxygen atoms in total. The van der Waals surface area contributed by atoms with E-state index in [4.69, 9.17) is 0 Å². The first kappa shape index (κ1) is 19.7. The molecule has 0 bridgehead atoms. The Morgan fingerprint density at radius 1 is 1.20 bits per heavy atom. The smallest absolute Gasteiger partial charge is 0.230 e. The molecular formula is C23H29N5OS. The highest BCUT2D eigenvalue weighted by molar-refractivity contribution is 7.99. The van der Waals surface area contributed by atoms with Crippen molar-refractivity contribution in [2.75, 3.05) is 5.75 Å². The number of rotatable bonds is 6. The number of aromatic amines is 1. The molecule has 30 heavy (non-hydrogen) atoms. The van der Waals surface area contributed by atoms with Gasteiger partial charge >= 0.3 is 0 Å². The SMILES string of the molecule is C[C@@H]1[C@@H](C)CCC[C@H]1NC(=O)CSc1nnc(-c2c[nH]c3ccccc23)n1C1CC1. The molecule has 3 aromatic rings. The molecule has 2 N–H and O–H groups in total. The number of nitrogens with zero attached hydrogens (tertiary/aromatic N) is 3. The van der Waals surface area contributed by atoms with Gasteiger partial charge in [-0.25, -0.2) is 0 Å². The Labute approximate surface area is 181 Å². The van der Waals surface area contributed by atoms with Gasteiger partial charge in [0.05, 0.1) is 5.75 Å². The number of H-pyrrole nitrogens is 1. The van der Waals surface area contributed by atoms with Crippen LogP contribution < -0.4 is 5.32 Å². The Bertz CT molecular complexity index is 1050. The molecule has 2 aromatic heterocycles. The minimum Gasteiger partial charge on any atom is -0.360 e. The molecule has 2 heterocycles. The van der Waals surface area contributed by atoms with Crippen molar-refractivity contribution in [2.24, 2.45) is 11.8 Å². The van der Waals surface area contributed by atoms with Gasteiger partial charge in [-0.15, -0.1) is 10.2 Å². The maximum atomic E-state index is 12.6. The van der Waals surface area contributed by atoms with Crippen molar-refractivity contribution in [2.45, 2.75) is 63.2 Å². The van der Waals surface area contributed by atoms with Crippen molar-refractivity contribution in [3.63, 3.8) is 0 Å².